The van der Waals surface area contributed by atoms with E-state index in [0.29, 0.717) is 23.3 Å². The minimum Gasteiger partial charge on any atom is -0.481 e. The van der Waals surface area contributed by atoms with Gasteiger partial charge in [-0.2, -0.15) is 0 Å². The lowest BCUT2D eigenvalue weighted by atomic mass is 10.3. The molecule has 2 rings (SSSR count). The molecular weight excluding hydrogens is 295 g/mol. The molecule has 20 heavy (non-hydrogen) atoms. The van der Waals surface area contributed by atoms with E-state index in [2.05, 4.69) is 11.8 Å². The fraction of sp³-hybridized carbons (Fsp3) is 0.125. The minimum absolute atomic E-state index is 0.311. The van der Waals surface area contributed by atoms with Gasteiger partial charge in [0.1, 0.15) is 24.7 Å². The predicted octanol–water partition coefficient (Wildman–Crippen LogP) is 4.45. The molecule has 0 saturated heterocycles. The standard InChI is InChI=1S/C16H12Cl2O2/c17-13-3-7-15(8-4-13)19-11-1-2-12-20-16-9-5-14(18)6-10-16/h3-10H,11-12H2. The van der Waals surface area contributed by atoms with E-state index in [4.69, 9.17) is 32.7 Å². The first kappa shape index (κ1) is 14.6. The fourth-order valence-electron chi connectivity index (χ4n) is 1.40. The van der Waals surface area contributed by atoms with E-state index in [1.54, 1.807) is 48.5 Å². The van der Waals surface area contributed by atoms with E-state index in [0.717, 1.165) is 11.5 Å². The first-order valence-corrected chi connectivity index (χ1v) is 6.72. The average Bonchev–Trinajstić information content (AvgIpc) is 2.46. The zero-order chi connectivity index (χ0) is 14.2. The Morgan fingerprint density at radius 1 is 0.650 bits per heavy atom. The molecule has 0 bridgehead atoms. The van der Waals surface area contributed by atoms with Gasteiger partial charge < -0.3 is 9.47 Å². The second-order valence-electron chi connectivity index (χ2n) is 3.84. The van der Waals surface area contributed by atoms with Crippen molar-refractivity contribution in [1.29, 1.82) is 0 Å². The van der Waals surface area contributed by atoms with Crippen LogP contribution in [0, 0.1) is 11.8 Å². The predicted molar refractivity (Wildman–Crippen MR) is 81.7 cm³/mol. The minimum atomic E-state index is 0.311. The van der Waals surface area contributed by atoms with E-state index < -0.39 is 0 Å². The Kier molecular flexibility index (Phi) is 5.61. The van der Waals surface area contributed by atoms with Gasteiger partial charge in [0, 0.05) is 10.0 Å². The van der Waals surface area contributed by atoms with Crippen molar-refractivity contribution < 1.29 is 9.47 Å². The molecule has 0 amide bonds. The van der Waals surface area contributed by atoms with Crippen LogP contribution in [0.15, 0.2) is 48.5 Å². The summed E-state index contributed by atoms with van der Waals surface area (Å²) < 4.78 is 10.8. The van der Waals surface area contributed by atoms with Gasteiger partial charge in [0.05, 0.1) is 0 Å². The Morgan fingerprint density at radius 2 is 1.00 bits per heavy atom. The van der Waals surface area contributed by atoms with Crippen molar-refractivity contribution in [2.24, 2.45) is 0 Å². The van der Waals surface area contributed by atoms with Gasteiger partial charge in [0.15, 0.2) is 0 Å². The molecule has 0 aliphatic carbocycles. The van der Waals surface area contributed by atoms with Crippen LogP contribution in [0.5, 0.6) is 11.5 Å². The van der Waals surface area contributed by atoms with Crippen LogP contribution < -0.4 is 9.47 Å². The molecule has 102 valence electrons. The first-order chi connectivity index (χ1) is 9.74. The monoisotopic (exact) mass is 306 g/mol. The van der Waals surface area contributed by atoms with Crippen LogP contribution in [0.25, 0.3) is 0 Å². The summed E-state index contributed by atoms with van der Waals surface area (Å²) in [7, 11) is 0. The highest BCUT2D eigenvalue weighted by atomic mass is 35.5. The lowest BCUT2D eigenvalue weighted by Gasteiger charge is -2.02. The van der Waals surface area contributed by atoms with E-state index in [1.807, 2.05) is 0 Å². The number of halogens is 2. The Bertz CT molecular complexity index is 542. The Morgan fingerprint density at radius 3 is 1.35 bits per heavy atom. The van der Waals surface area contributed by atoms with Gasteiger partial charge in [0.25, 0.3) is 0 Å². The van der Waals surface area contributed by atoms with Gasteiger partial charge in [0.2, 0.25) is 0 Å². The van der Waals surface area contributed by atoms with Crippen LogP contribution in [-0.4, -0.2) is 13.2 Å². The summed E-state index contributed by atoms with van der Waals surface area (Å²) in [5, 5.41) is 1.36. The molecule has 0 heterocycles. The fourth-order valence-corrected chi connectivity index (χ4v) is 1.65. The summed E-state index contributed by atoms with van der Waals surface area (Å²) in [6, 6.07) is 14.3. The van der Waals surface area contributed by atoms with Gasteiger partial charge in [-0.1, -0.05) is 35.0 Å². The Hall–Kier alpha value is -1.82. The van der Waals surface area contributed by atoms with Crippen LogP contribution in [0.4, 0.5) is 0 Å². The number of hydrogen-bond acceptors (Lipinski definition) is 2. The number of benzene rings is 2. The SMILES string of the molecule is Clc1ccc(OCC#CCOc2ccc(Cl)cc2)cc1. The zero-order valence-corrected chi connectivity index (χ0v) is 12.1. The Balaban J connectivity index is 1.70. The molecule has 0 aromatic heterocycles. The highest BCUT2D eigenvalue weighted by Crippen LogP contribution is 2.16. The van der Waals surface area contributed by atoms with Gasteiger partial charge in [-0.25, -0.2) is 0 Å². The molecule has 2 aromatic rings. The van der Waals surface area contributed by atoms with Crippen molar-refractivity contribution in [2.45, 2.75) is 0 Å². The van der Waals surface area contributed by atoms with Gasteiger partial charge >= 0.3 is 0 Å². The molecule has 0 saturated carbocycles. The van der Waals surface area contributed by atoms with E-state index >= 15 is 0 Å². The smallest absolute Gasteiger partial charge is 0.149 e. The molecule has 0 radical (unpaired) electrons. The zero-order valence-electron chi connectivity index (χ0n) is 10.6. The summed E-state index contributed by atoms with van der Waals surface area (Å²) in [5.74, 6) is 7.22. The van der Waals surface area contributed by atoms with Crippen molar-refractivity contribution in [3.8, 4) is 23.3 Å². The molecular formula is C16H12Cl2O2. The van der Waals surface area contributed by atoms with E-state index in [-0.39, 0.29) is 0 Å². The molecule has 0 aliphatic heterocycles. The molecule has 0 unspecified atom stereocenters. The van der Waals surface area contributed by atoms with Crippen molar-refractivity contribution in [1.82, 2.24) is 0 Å². The topological polar surface area (TPSA) is 18.5 Å². The molecule has 0 aliphatic rings. The largest absolute Gasteiger partial charge is 0.481 e. The molecule has 0 N–H and O–H groups in total. The van der Waals surface area contributed by atoms with E-state index in [1.165, 1.54) is 0 Å². The van der Waals surface area contributed by atoms with Crippen molar-refractivity contribution >= 4 is 23.2 Å². The molecule has 0 atom stereocenters. The van der Waals surface area contributed by atoms with Crippen molar-refractivity contribution in [2.75, 3.05) is 13.2 Å². The van der Waals surface area contributed by atoms with Crippen LogP contribution in [0.2, 0.25) is 10.0 Å². The normalized spacial score (nSPS) is 9.50. The molecule has 0 fully saturated rings. The van der Waals surface area contributed by atoms with Gasteiger partial charge in [-0.05, 0) is 48.5 Å². The number of ether oxygens (including phenoxy) is 2. The lowest BCUT2D eigenvalue weighted by Crippen LogP contribution is -1.97. The summed E-state index contributed by atoms with van der Waals surface area (Å²) in [6.45, 7) is 0.622. The Labute approximate surface area is 128 Å². The van der Waals surface area contributed by atoms with Crippen molar-refractivity contribution in [3.05, 3.63) is 58.6 Å². The van der Waals surface area contributed by atoms with Crippen LogP contribution in [0.1, 0.15) is 0 Å². The molecule has 4 heteroatoms. The van der Waals surface area contributed by atoms with Gasteiger partial charge in [-0.15, -0.1) is 0 Å². The summed E-state index contributed by atoms with van der Waals surface area (Å²) >= 11 is 11.5. The first-order valence-electron chi connectivity index (χ1n) is 5.96. The molecule has 2 nitrogen and oxygen atoms in total. The van der Waals surface area contributed by atoms with Crippen LogP contribution >= 0.6 is 23.2 Å². The second-order valence-corrected chi connectivity index (χ2v) is 4.71. The number of hydrogen-bond donors (Lipinski definition) is 0. The van der Waals surface area contributed by atoms with Gasteiger partial charge in [-0.3, -0.25) is 0 Å². The quantitative estimate of drug-likeness (QED) is 0.777. The maximum atomic E-state index is 5.77. The third-order valence-electron chi connectivity index (χ3n) is 2.37. The number of rotatable bonds is 4. The highest BCUT2D eigenvalue weighted by molar-refractivity contribution is 6.30. The summed E-state index contributed by atoms with van der Waals surface area (Å²) in [4.78, 5) is 0. The van der Waals surface area contributed by atoms with Crippen LogP contribution in [-0.2, 0) is 0 Å². The summed E-state index contributed by atoms with van der Waals surface area (Å²) in [6.07, 6.45) is 0. The van der Waals surface area contributed by atoms with Crippen LogP contribution in [0.3, 0.4) is 0 Å². The average molecular weight is 307 g/mol. The second kappa shape index (κ2) is 7.69. The maximum Gasteiger partial charge on any atom is 0.149 e. The van der Waals surface area contributed by atoms with Crippen molar-refractivity contribution in [3.63, 3.8) is 0 Å². The lowest BCUT2D eigenvalue weighted by molar-refractivity contribution is 0.362. The van der Waals surface area contributed by atoms with E-state index in [9.17, 15) is 0 Å². The summed E-state index contributed by atoms with van der Waals surface area (Å²) in [5.41, 5.74) is 0. The third-order valence-corrected chi connectivity index (χ3v) is 2.88. The molecule has 0 spiro atoms. The molecule has 2 aromatic carbocycles. The highest BCUT2D eigenvalue weighted by Gasteiger charge is 1.92. The maximum absolute atomic E-state index is 5.77. The third kappa shape index (κ3) is 5.05.